The molecule has 0 amide bonds. The third-order valence-electron chi connectivity index (χ3n) is 3.66. The second kappa shape index (κ2) is 5.87. The summed E-state index contributed by atoms with van der Waals surface area (Å²) < 4.78 is 0. The molecule has 4 nitrogen and oxygen atoms in total. The first-order valence-corrected chi connectivity index (χ1v) is 7.29. The molecule has 1 unspecified atom stereocenters. The standard InChI is InChI=1S/C15H26N4/c1-5-12-6-7-19(11-12)14-10-16-8-13(18-14)9-17-15(2,3)4/h8,10,12,17H,5-7,9,11H2,1-4H3. The monoisotopic (exact) mass is 262 g/mol. The molecule has 0 radical (unpaired) electrons. The molecule has 1 saturated heterocycles. The minimum absolute atomic E-state index is 0.110. The Bertz CT molecular complexity index is 411. The molecule has 1 atom stereocenters. The quantitative estimate of drug-likeness (QED) is 0.905. The van der Waals surface area contributed by atoms with Crippen LogP contribution < -0.4 is 10.2 Å². The first kappa shape index (κ1) is 14.3. The van der Waals surface area contributed by atoms with Crippen LogP contribution in [0.3, 0.4) is 0 Å². The summed E-state index contributed by atoms with van der Waals surface area (Å²) >= 11 is 0. The highest BCUT2D eigenvalue weighted by atomic mass is 15.2. The Hall–Kier alpha value is -1.16. The van der Waals surface area contributed by atoms with E-state index in [9.17, 15) is 0 Å². The van der Waals surface area contributed by atoms with Crippen LogP contribution in [-0.2, 0) is 6.54 Å². The maximum Gasteiger partial charge on any atom is 0.147 e. The predicted octanol–water partition coefficient (Wildman–Crippen LogP) is 2.60. The first-order chi connectivity index (χ1) is 8.98. The van der Waals surface area contributed by atoms with Gasteiger partial charge in [0.15, 0.2) is 0 Å². The van der Waals surface area contributed by atoms with Crippen molar-refractivity contribution in [3.63, 3.8) is 0 Å². The zero-order valence-corrected chi connectivity index (χ0v) is 12.6. The summed E-state index contributed by atoms with van der Waals surface area (Å²) in [6.07, 6.45) is 6.28. The third kappa shape index (κ3) is 4.16. The van der Waals surface area contributed by atoms with Crippen molar-refractivity contribution in [2.75, 3.05) is 18.0 Å². The molecule has 106 valence electrons. The Labute approximate surface area is 116 Å². The van der Waals surface area contributed by atoms with Crippen LogP contribution in [0, 0.1) is 5.92 Å². The predicted molar refractivity (Wildman–Crippen MR) is 79.2 cm³/mol. The van der Waals surface area contributed by atoms with Gasteiger partial charge in [0.05, 0.1) is 11.9 Å². The van der Waals surface area contributed by atoms with Crippen LogP contribution in [0.15, 0.2) is 12.4 Å². The minimum Gasteiger partial charge on any atom is -0.355 e. The number of anilines is 1. The van der Waals surface area contributed by atoms with Gasteiger partial charge in [-0.25, -0.2) is 4.98 Å². The van der Waals surface area contributed by atoms with E-state index in [-0.39, 0.29) is 5.54 Å². The highest BCUT2D eigenvalue weighted by Gasteiger charge is 2.22. The summed E-state index contributed by atoms with van der Waals surface area (Å²) in [5.74, 6) is 1.85. The molecule has 19 heavy (non-hydrogen) atoms. The lowest BCUT2D eigenvalue weighted by atomic mass is 10.1. The third-order valence-corrected chi connectivity index (χ3v) is 3.66. The zero-order chi connectivity index (χ0) is 13.9. The number of hydrogen-bond acceptors (Lipinski definition) is 4. The van der Waals surface area contributed by atoms with E-state index in [0.717, 1.165) is 37.1 Å². The van der Waals surface area contributed by atoms with E-state index in [1.54, 1.807) is 0 Å². The molecule has 0 bridgehead atoms. The number of hydrogen-bond donors (Lipinski definition) is 1. The fraction of sp³-hybridized carbons (Fsp3) is 0.733. The van der Waals surface area contributed by atoms with E-state index in [1.165, 1.54) is 12.8 Å². The molecule has 0 aliphatic carbocycles. The van der Waals surface area contributed by atoms with E-state index < -0.39 is 0 Å². The van der Waals surface area contributed by atoms with Crippen LogP contribution in [0.25, 0.3) is 0 Å². The molecule has 0 aromatic carbocycles. The van der Waals surface area contributed by atoms with E-state index in [4.69, 9.17) is 4.98 Å². The second-order valence-electron chi connectivity index (χ2n) is 6.48. The Kier molecular flexibility index (Phi) is 4.40. The van der Waals surface area contributed by atoms with Crippen LogP contribution in [-0.4, -0.2) is 28.6 Å². The highest BCUT2D eigenvalue weighted by molar-refractivity contribution is 5.37. The van der Waals surface area contributed by atoms with Crippen LogP contribution in [0.4, 0.5) is 5.82 Å². The molecule has 1 N–H and O–H groups in total. The largest absolute Gasteiger partial charge is 0.355 e. The zero-order valence-electron chi connectivity index (χ0n) is 12.6. The van der Waals surface area contributed by atoms with Crippen molar-refractivity contribution in [3.05, 3.63) is 18.1 Å². The minimum atomic E-state index is 0.110. The molecule has 1 aromatic heterocycles. The van der Waals surface area contributed by atoms with Gasteiger partial charge in [0.2, 0.25) is 0 Å². The Morgan fingerprint density at radius 3 is 2.79 bits per heavy atom. The summed E-state index contributed by atoms with van der Waals surface area (Å²) in [4.78, 5) is 11.4. The van der Waals surface area contributed by atoms with E-state index in [1.807, 2.05) is 12.4 Å². The maximum atomic E-state index is 4.73. The summed E-state index contributed by atoms with van der Waals surface area (Å²) in [7, 11) is 0. The Morgan fingerprint density at radius 2 is 2.16 bits per heavy atom. The lowest BCUT2D eigenvalue weighted by Gasteiger charge is -2.21. The normalized spacial score (nSPS) is 20.0. The van der Waals surface area contributed by atoms with Gasteiger partial charge in [-0.1, -0.05) is 13.3 Å². The van der Waals surface area contributed by atoms with E-state index in [2.05, 4.69) is 42.9 Å². The first-order valence-electron chi connectivity index (χ1n) is 7.29. The molecular weight excluding hydrogens is 236 g/mol. The lowest BCUT2D eigenvalue weighted by molar-refractivity contribution is 0.421. The number of rotatable bonds is 4. The van der Waals surface area contributed by atoms with Gasteiger partial charge in [0.1, 0.15) is 5.82 Å². The lowest BCUT2D eigenvalue weighted by Crippen LogP contribution is -2.35. The van der Waals surface area contributed by atoms with Crippen molar-refractivity contribution < 1.29 is 0 Å². The van der Waals surface area contributed by atoms with Gasteiger partial charge in [-0.2, -0.15) is 0 Å². The molecule has 2 heterocycles. The van der Waals surface area contributed by atoms with Crippen molar-refractivity contribution in [2.24, 2.45) is 5.92 Å². The van der Waals surface area contributed by atoms with Gasteiger partial charge in [-0.3, -0.25) is 4.98 Å². The van der Waals surface area contributed by atoms with Crippen LogP contribution in [0.2, 0.25) is 0 Å². The van der Waals surface area contributed by atoms with Crippen molar-refractivity contribution in [3.8, 4) is 0 Å². The number of nitrogens with zero attached hydrogens (tertiary/aromatic N) is 3. The summed E-state index contributed by atoms with van der Waals surface area (Å²) in [5, 5.41) is 3.45. The van der Waals surface area contributed by atoms with Gasteiger partial charge >= 0.3 is 0 Å². The van der Waals surface area contributed by atoms with Crippen molar-refractivity contribution in [1.29, 1.82) is 0 Å². The topological polar surface area (TPSA) is 41.1 Å². The van der Waals surface area contributed by atoms with Crippen LogP contribution in [0.5, 0.6) is 0 Å². The fourth-order valence-electron chi connectivity index (χ4n) is 2.36. The molecule has 1 fully saturated rings. The number of nitrogens with one attached hydrogen (secondary N) is 1. The highest BCUT2D eigenvalue weighted by Crippen LogP contribution is 2.23. The molecule has 0 spiro atoms. The van der Waals surface area contributed by atoms with Gasteiger partial charge in [-0.05, 0) is 33.1 Å². The molecule has 1 aliphatic heterocycles. The van der Waals surface area contributed by atoms with Crippen LogP contribution >= 0.6 is 0 Å². The van der Waals surface area contributed by atoms with Gasteiger partial charge < -0.3 is 10.2 Å². The van der Waals surface area contributed by atoms with Crippen molar-refractivity contribution in [2.45, 2.75) is 52.6 Å². The summed E-state index contributed by atoms with van der Waals surface area (Å²) in [6, 6.07) is 0. The number of aromatic nitrogens is 2. The van der Waals surface area contributed by atoms with Gasteiger partial charge in [0.25, 0.3) is 0 Å². The van der Waals surface area contributed by atoms with E-state index >= 15 is 0 Å². The smallest absolute Gasteiger partial charge is 0.147 e. The molecule has 2 rings (SSSR count). The molecule has 1 aromatic rings. The summed E-state index contributed by atoms with van der Waals surface area (Å²) in [6.45, 7) is 11.8. The fourth-order valence-corrected chi connectivity index (χ4v) is 2.36. The second-order valence-corrected chi connectivity index (χ2v) is 6.48. The summed E-state index contributed by atoms with van der Waals surface area (Å²) in [5.41, 5.74) is 1.13. The molecule has 4 heteroatoms. The maximum absolute atomic E-state index is 4.73. The average Bonchev–Trinajstić information content (AvgIpc) is 2.85. The van der Waals surface area contributed by atoms with Crippen LogP contribution in [0.1, 0.15) is 46.2 Å². The SMILES string of the molecule is CCC1CCN(c2cncc(CNC(C)(C)C)n2)C1. The molecule has 1 aliphatic rings. The Morgan fingerprint density at radius 1 is 1.37 bits per heavy atom. The molecular formula is C15H26N4. The van der Waals surface area contributed by atoms with Crippen molar-refractivity contribution in [1.82, 2.24) is 15.3 Å². The Balaban J connectivity index is 1.99. The van der Waals surface area contributed by atoms with Gasteiger partial charge in [0, 0.05) is 31.4 Å². The molecule has 0 saturated carbocycles. The average molecular weight is 262 g/mol. The van der Waals surface area contributed by atoms with Crippen molar-refractivity contribution >= 4 is 5.82 Å². The van der Waals surface area contributed by atoms with Gasteiger partial charge in [-0.15, -0.1) is 0 Å². The van der Waals surface area contributed by atoms with E-state index in [0.29, 0.717) is 0 Å².